The summed E-state index contributed by atoms with van der Waals surface area (Å²) in [6.07, 6.45) is 0.509. The fourth-order valence-electron chi connectivity index (χ4n) is 4.35. The van der Waals surface area contributed by atoms with E-state index in [1.54, 1.807) is 20.3 Å². The molecule has 0 bridgehead atoms. The number of aromatic nitrogens is 3. The van der Waals surface area contributed by atoms with Crippen molar-refractivity contribution in [1.82, 2.24) is 14.2 Å². The fourth-order valence-corrected chi connectivity index (χ4v) is 4.35. The Morgan fingerprint density at radius 3 is 2.31 bits per heavy atom. The van der Waals surface area contributed by atoms with Crippen LogP contribution in [0.1, 0.15) is 28.8 Å². The third-order valence-electron chi connectivity index (χ3n) is 6.21. The molecule has 0 aliphatic heterocycles. The molecule has 2 heterocycles. The van der Waals surface area contributed by atoms with Gasteiger partial charge in [-0.25, -0.2) is 0 Å². The Kier molecular flexibility index (Phi) is 6.64. The van der Waals surface area contributed by atoms with E-state index in [0.29, 0.717) is 34.8 Å². The van der Waals surface area contributed by atoms with Gasteiger partial charge in [0.25, 0.3) is 5.56 Å². The van der Waals surface area contributed by atoms with Crippen LogP contribution in [0.5, 0.6) is 11.5 Å². The minimum absolute atomic E-state index is 0.136. The van der Waals surface area contributed by atoms with E-state index in [1.165, 1.54) is 4.52 Å². The zero-order chi connectivity index (χ0) is 25.3. The molecule has 0 fully saturated rings. The number of amides is 1. The average Bonchev–Trinajstić information content (AvgIpc) is 3.27. The molecular weight excluding hydrogens is 444 g/mol. The summed E-state index contributed by atoms with van der Waals surface area (Å²) in [4.78, 5) is 26.0. The molecule has 0 spiro atoms. The molecule has 35 heavy (non-hydrogen) atoms. The Labute approximate surface area is 204 Å². The topological polar surface area (TPSA) is 86.9 Å². The molecule has 2 aromatic heterocycles. The van der Waals surface area contributed by atoms with E-state index in [1.807, 2.05) is 62.7 Å². The molecule has 1 N–H and O–H groups in total. The largest absolute Gasteiger partial charge is 0.493 e. The van der Waals surface area contributed by atoms with Gasteiger partial charge in [-0.1, -0.05) is 6.07 Å². The molecule has 182 valence electrons. The van der Waals surface area contributed by atoms with Gasteiger partial charge in [0.15, 0.2) is 11.5 Å². The quantitative estimate of drug-likeness (QED) is 0.434. The van der Waals surface area contributed by atoms with Crippen LogP contribution in [-0.4, -0.2) is 34.3 Å². The van der Waals surface area contributed by atoms with E-state index in [4.69, 9.17) is 9.47 Å². The number of rotatable bonds is 7. The summed E-state index contributed by atoms with van der Waals surface area (Å²) < 4.78 is 14.0. The molecule has 2 aromatic carbocycles. The average molecular weight is 475 g/mol. The molecule has 4 aromatic rings. The lowest BCUT2D eigenvalue weighted by molar-refractivity contribution is -0.116. The Bertz CT molecular complexity index is 1460. The summed E-state index contributed by atoms with van der Waals surface area (Å²) in [5.41, 5.74) is 6.19. The Balaban J connectivity index is 1.62. The zero-order valence-electron chi connectivity index (χ0n) is 20.9. The number of carbonyl (C=O) groups excluding carboxylic acids is 1. The van der Waals surface area contributed by atoms with Gasteiger partial charge in [-0.3, -0.25) is 9.59 Å². The Morgan fingerprint density at radius 1 is 0.971 bits per heavy atom. The lowest BCUT2D eigenvalue weighted by Gasteiger charge is -2.12. The first-order chi connectivity index (χ1) is 16.7. The van der Waals surface area contributed by atoms with E-state index >= 15 is 0 Å². The number of hydrogen-bond donors (Lipinski definition) is 1. The predicted molar refractivity (Wildman–Crippen MR) is 137 cm³/mol. The maximum absolute atomic E-state index is 13.3. The molecule has 0 atom stereocenters. The summed E-state index contributed by atoms with van der Waals surface area (Å²) in [6, 6.07) is 13.3. The number of carbonyl (C=O) groups is 1. The molecule has 0 aliphatic rings. The molecule has 0 unspecified atom stereocenters. The monoisotopic (exact) mass is 474 g/mol. The first kappa shape index (κ1) is 24.1. The van der Waals surface area contributed by atoms with Gasteiger partial charge in [0.1, 0.15) is 5.65 Å². The maximum atomic E-state index is 13.3. The van der Waals surface area contributed by atoms with E-state index in [0.717, 1.165) is 28.1 Å². The molecule has 0 saturated carbocycles. The van der Waals surface area contributed by atoms with Gasteiger partial charge in [0.05, 0.1) is 19.9 Å². The first-order valence-corrected chi connectivity index (χ1v) is 11.4. The van der Waals surface area contributed by atoms with Crippen LogP contribution in [0.15, 0.2) is 47.3 Å². The molecule has 0 saturated heterocycles. The highest BCUT2D eigenvalue weighted by Gasteiger charge is 2.17. The van der Waals surface area contributed by atoms with Crippen molar-refractivity contribution in [3.05, 3.63) is 75.2 Å². The van der Waals surface area contributed by atoms with Crippen LogP contribution in [0.2, 0.25) is 0 Å². The lowest BCUT2D eigenvalue weighted by atomic mass is 10.1. The minimum Gasteiger partial charge on any atom is -0.493 e. The minimum atomic E-state index is -0.221. The Hall–Kier alpha value is -4.07. The van der Waals surface area contributed by atoms with E-state index < -0.39 is 0 Å². The van der Waals surface area contributed by atoms with Crippen molar-refractivity contribution in [3.63, 3.8) is 0 Å². The normalized spacial score (nSPS) is 11.0. The number of anilines is 1. The van der Waals surface area contributed by atoms with Crippen molar-refractivity contribution in [2.45, 2.75) is 33.6 Å². The van der Waals surface area contributed by atoms with Crippen LogP contribution in [0.3, 0.4) is 0 Å². The third-order valence-corrected chi connectivity index (χ3v) is 6.21. The first-order valence-electron chi connectivity index (χ1n) is 11.4. The molecule has 0 radical (unpaired) electrons. The number of nitrogens with zero attached hydrogens (tertiary/aromatic N) is 3. The van der Waals surface area contributed by atoms with Gasteiger partial charge in [0.2, 0.25) is 5.91 Å². The standard InChI is InChI=1S/C27H30N4O4/c1-16-11-17(2)13-20(12-16)28-25(32)10-8-21-18(3)30(4)26-15-22(29-31(26)27(21)33)19-7-9-23(34-5)24(14-19)35-6/h7,9,11-15H,8,10H2,1-6H3,(H,28,32). The van der Waals surface area contributed by atoms with Crippen LogP contribution in [-0.2, 0) is 18.3 Å². The highest BCUT2D eigenvalue weighted by molar-refractivity contribution is 5.91. The zero-order valence-corrected chi connectivity index (χ0v) is 20.9. The summed E-state index contributed by atoms with van der Waals surface area (Å²) in [5.74, 6) is 1.07. The van der Waals surface area contributed by atoms with Crippen molar-refractivity contribution in [1.29, 1.82) is 0 Å². The van der Waals surface area contributed by atoms with E-state index in [-0.39, 0.29) is 17.9 Å². The number of hydrogen-bond acceptors (Lipinski definition) is 5. The van der Waals surface area contributed by atoms with Gasteiger partial charge in [0, 0.05) is 42.0 Å². The van der Waals surface area contributed by atoms with E-state index in [9.17, 15) is 9.59 Å². The van der Waals surface area contributed by atoms with Crippen LogP contribution >= 0.6 is 0 Å². The number of aryl methyl sites for hydroxylation is 3. The number of methoxy groups -OCH3 is 2. The SMILES string of the molecule is COc1ccc(-c2cc3n(C)c(C)c(CCC(=O)Nc4cc(C)cc(C)c4)c(=O)n3n2)cc1OC. The van der Waals surface area contributed by atoms with Gasteiger partial charge in [-0.2, -0.15) is 9.61 Å². The molecule has 1 amide bonds. The number of nitrogens with one attached hydrogen (secondary N) is 1. The molecule has 4 rings (SSSR count). The molecule has 8 nitrogen and oxygen atoms in total. The third kappa shape index (κ3) is 4.77. The highest BCUT2D eigenvalue weighted by Crippen LogP contribution is 2.32. The van der Waals surface area contributed by atoms with Gasteiger partial charge >= 0.3 is 0 Å². The van der Waals surface area contributed by atoms with Gasteiger partial charge in [-0.05, 0) is 68.7 Å². The van der Waals surface area contributed by atoms with Crippen molar-refractivity contribution < 1.29 is 14.3 Å². The number of ether oxygens (including phenoxy) is 2. The second kappa shape index (κ2) is 9.66. The molecular formula is C27H30N4O4. The summed E-state index contributed by atoms with van der Waals surface area (Å²) in [7, 11) is 5.05. The Morgan fingerprint density at radius 2 is 1.66 bits per heavy atom. The second-order valence-corrected chi connectivity index (χ2v) is 8.72. The highest BCUT2D eigenvalue weighted by atomic mass is 16.5. The number of benzene rings is 2. The van der Waals surface area contributed by atoms with Crippen LogP contribution < -0.4 is 20.3 Å². The smallest absolute Gasteiger partial charge is 0.277 e. The predicted octanol–water partition coefficient (Wildman–Crippen LogP) is 4.21. The molecule has 8 heteroatoms. The second-order valence-electron chi connectivity index (χ2n) is 8.72. The van der Waals surface area contributed by atoms with E-state index in [2.05, 4.69) is 16.5 Å². The van der Waals surface area contributed by atoms with Crippen molar-refractivity contribution in [2.75, 3.05) is 19.5 Å². The molecule has 0 aliphatic carbocycles. The van der Waals surface area contributed by atoms with Crippen LogP contribution in [0.25, 0.3) is 16.9 Å². The van der Waals surface area contributed by atoms with Gasteiger partial charge in [-0.15, -0.1) is 0 Å². The summed E-state index contributed by atoms with van der Waals surface area (Å²) >= 11 is 0. The fraction of sp³-hybridized carbons (Fsp3) is 0.296. The number of fused-ring (bicyclic) bond motifs is 1. The van der Waals surface area contributed by atoms with Crippen molar-refractivity contribution in [2.24, 2.45) is 7.05 Å². The van der Waals surface area contributed by atoms with Crippen LogP contribution in [0, 0.1) is 20.8 Å². The van der Waals surface area contributed by atoms with Crippen LogP contribution in [0.4, 0.5) is 5.69 Å². The summed E-state index contributed by atoms with van der Waals surface area (Å²) in [6.45, 7) is 5.87. The van der Waals surface area contributed by atoms with Crippen molar-refractivity contribution in [3.8, 4) is 22.8 Å². The van der Waals surface area contributed by atoms with Crippen molar-refractivity contribution >= 4 is 17.2 Å². The van der Waals surface area contributed by atoms with Gasteiger partial charge < -0.3 is 19.4 Å². The summed E-state index contributed by atoms with van der Waals surface area (Å²) in [5, 5.41) is 7.51. The maximum Gasteiger partial charge on any atom is 0.277 e. The lowest BCUT2D eigenvalue weighted by Crippen LogP contribution is -2.26.